The number of alkyl halides is 1. The molecule has 0 bridgehead atoms. The van der Waals surface area contributed by atoms with E-state index < -0.39 is 5.60 Å². The molecule has 5 heteroatoms. The maximum atomic E-state index is 10.7. The van der Waals surface area contributed by atoms with Crippen LogP contribution in [-0.4, -0.2) is 29.4 Å². The summed E-state index contributed by atoms with van der Waals surface area (Å²) in [5.41, 5.74) is -0.654. The molecule has 0 aliphatic heterocycles. The zero-order chi connectivity index (χ0) is 10.1. The summed E-state index contributed by atoms with van der Waals surface area (Å²) in [6.07, 6.45) is 0.607. The van der Waals surface area contributed by atoms with E-state index in [-0.39, 0.29) is 23.8 Å². The lowest BCUT2D eigenvalue weighted by Crippen LogP contribution is -2.34. The fraction of sp³-hybridized carbons (Fsp3) is 0.750. The van der Waals surface area contributed by atoms with Gasteiger partial charge in [-0.2, -0.15) is 0 Å². The van der Waals surface area contributed by atoms with E-state index in [2.05, 4.69) is 5.32 Å². The number of carbonyl (C=O) groups excluding carboxylic acids is 2. The van der Waals surface area contributed by atoms with Gasteiger partial charge in [0.25, 0.3) is 0 Å². The number of ether oxygens (including phenoxy) is 1. The number of hydrogen-bond acceptors (Lipinski definition) is 3. The molecular weight excluding hydrogens is 194 g/mol. The van der Waals surface area contributed by atoms with Gasteiger partial charge in [0, 0.05) is 20.3 Å². The summed E-state index contributed by atoms with van der Waals surface area (Å²) in [5, 5.41) is 2.66. The van der Waals surface area contributed by atoms with Gasteiger partial charge in [0.05, 0.1) is 11.9 Å². The van der Waals surface area contributed by atoms with Crippen LogP contribution in [0.4, 0.5) is 0 Å². The van der Waals surface area contributed by atoms with E-state index in [9.17, 15) is 9.59 Å². The van der Waals surface area contributed by atoms with Gasteiger partial charge in [-0.05, 0) is 0 Å². The zero-order valence-electron chi connectivity index (χ0n) is 7.59. The summed E-state index contributed by atoms with van der Waals surface area (Å²) in [6.45, 7) is 2.75. The summed E-state index contributed by atoms with van der Waals surface area (Å²) in [4.78, 5) is 21.4. The van der Waals surface area contributed by atoms with Crippen molar-refractivity contribution >= 4 is 23.5 Å². The molecular formula is C8H12ClNO3. The van der Waals surface area contributed by atoms with Crippen LogP contribution >= 0.6 is 11.6 Å². The van der Waals surface area contributed by atoms with Crippen molar-refractivity contribution < 1.29 is 14.3 Å². The maximum Gasteiger partial charge on any atom is 0.303 e. The molecule has 1 N–H and O–H groups in total. The van der Waals surface area contributed by atoms with Crippen molar-refractivity contribution in [2.75, 3.05) is 5.88 Å². The largest absolute Gasteiger partial charge is 0.456 e. The SMILES string of the molecule is CC(=O)NC1C[C@]1(CCl)OC(C)=O. The zero-order valence-corrected chi connectivity index (χ0v) is 8.35. The summed E-state index contributed by atoms with van der Waals surface area (Å²) < 4.78 is 5.03. The molecule has 4 nitrogen and oxygen atoms in total. The minimum Gasteiger partial charge on any atom is -0.456 e. The van der Waals surface area contributed by atoms with Crippen molar-refractivity contribution in [3.63, 3.8) is 0 Å². The summed E-state index contributed by atoms with van der Waals surface area (Å²) in [7, 11) is 0. The number of amides is 1. The number of nitrogens with one attached hydrogen (secondary N) is 1. The standard InChI is InChI=1S/C8H12ClNO3/c1-5(11)10-7-3-8(7,4-9)13-6(2)12/h7H,3-4H2,1-2H3,(H,10,11)/t7?,8-/m1/s1. The third-order valence-electron chi connectivity index (χ3n) is 1.98. The Hall–Kier alpha value is -0.770. The van der Waals surface area contributed by atoms with Crippen LogP contribution in [-0.2, 0) is 14.3 Å². The van der Waals surface area contributed by atoms with Crippen LogP contribution in [0.5, 0.6) is 0 Å². The monoisotopic (exact) mass is 205 g/mol. The molecule has 13 heavy (non-hydrogen) atoms. The molecule has 74 valence electrons. The molecule has 1 amide bonds. The minimum absolute atomic E-state index is 0.119. The summed E-state index contributed by atoms with van der Waals surface area (Å²) >= 11 is 5.65. The highest BCUT2D eigenvalue weighted by atomic mass is 35.5. The van der Waals surface area contributed by atoms with E-state index in [0.29, 0.717) is 6.42 Å². The van der Waals surface area contributed by atoms with E-state index >= 15 is 0 Å². The molecule has 0 aromatic carbocycles. The Labute approximate surface area is 81.6 Å². The molecule has 1 saturated carbocycles. The first kappa shape index (κ1) is 10.3. The fourth-order valence-corrected chi connectivity index (χ4v) is 1.64. The summed E-state index contributed by atoms with van der Waals surface area (Å²) in [5.74, 6) is -0.282. The molecule has 0 spiro atoms. The first-order valence-electron chi connectivity index (χ1n) is 4.03. The van der Waals surface area contributed by atoms with Crippen LogP contribution in [0.25, 0.3) is 0 Å². The van der Waals surface area contributed by atoms with Gasteiger partial charge in [0.15, 0.2) is 0 Å². The molecule has 1 aliphatic carbocycles. The van der Waals surface area contributed by atoms with Crippen molar-refractivity contribution in [2.24, 2.45) is 0 Å². The quantitative estimate of drug-likeness (QED) is 0.537. The Morgan fingerprint density at radius 3 is 2.62 bits per heavy atom. The van der Waals surface area contributed by atoms with E-state index in [4.69, 9.17) is 16.3 Å². The van der Waals surface area contributed by atoms with E-state index in [1.54, 1.807) is 0 Å². The predicted molar refractivity (Wildman–Crippen MR) is 47.4 cm³/mol. The van der Waals surface area contributed by atoms with Gasteiger partial charge in [-0.3, -0.25) is 9.59 Å². The normalized spacial score (nSPS) is 30.8. The summed E-state index contributed by atoms with van der Waals surface area (Å²) in [6, 6.07) is -0.119. The lowest BCUT2D eigenvalue weighted by Gasteiger charge is -2.14. The van der Waals surface area contributed by atoms with Gasteiger partial charge in [0.2, 0.25) is 5.91 Å². The number of carbonyl (C=O) groups is 2. The Bertz CT molecular complexity index is 244. The van der Waals surface area contributed by atoms with E-state index in [1.807, 2.05) is 0 Å². The smallest absolute Gasteiger partial charge is 0.303 e. The van der Waals surface area contributed by atoms with Gasteiger partial charge in [-0.15, -0.1) is 11.6 Å². The average molecular weight is 206 g/mol. The number of hydrogen-bond donors (Lipinski definition) is 1. The Morgan fingerprint density at radius 1 is 1.62 bits per heavy atom. The lowest BCUT2D eigenvalue weighted by molar-refractivity contribution is -0.148. The maximum absolute atomic E-state index is 10.7. The van der Waals surface area contributed by atoms with Crippen molar-refractivity contribution in [3.8, 4) is 0 Å². The predicted octanol–water partition coefficient (Wildman–Crippen LogP) is 0.435. The van der Waals surface area contributed by atoms with Gasteiger partial charge in [0.1, 0.15) is 5.60 Å². The van der Waals surface area contributed by atoms with Crippen LogP contribution in [0.1, 0.15) is 20.3 Å². The average Bonchev–Trinajstić information content (AvgIpc) is 2.61. The molecule has 1 rings (SSSR count). The second-order valence-corrected chi connectivity index (χ2v) is 3.52. The fourth-order valence-electron chi connectivity index (χ4n) is 1.29. The number of rotatable bonds is 3. The highest BCUT2D eigenvalue weighted by molar-refractivity contribution is 6.19. The second kappa shape index (κ2) is 3.54. The van der Waals surface area contributed by atoms with Crippen molar-refractivity contribution in [3.05, 3.63) is 0 Å². The van der Waals surface area contributed by atoms with Crippen LogP contribution in [0, 0.1) is 0 Å². The van der Waals surface area contributed by atoms with Gasteiger partial charge >= 0.3 is 5.97 Å². The number of esters is 1. The van der Waals surface area contributed by atoms with E-state index in [1.165, 1.54) is 13.8 Å². The highest BCUT2D eigenvalue weighted by Gasteiger charge is 2.57. The molecule has 0 saturated heterocycles. The van der Waals surface area contributed by atoms with Crippen molar-refractivity contribution in [2.45, 2.75) is 31.9 Å². The molecule has 1 fully saturated rings. The third kappa shape index (κ3) is 2.34. The Morgan fingerprint density at radius 2 is 2.23 bits per heavy atom. The minimum atomic E-state index is -0.654. The topological polar surface area (TPSA) is 55.4 Å². The second-order valence-electron chi connectivity index (χ2n) is 3.25. The molecule has 1 aliphatic rings. The molecule has 0 radical (unpaired) electrons. The van der Waals surface area contributed by atoms with Crippen LogP contribution in [0.3, 0.4) is 0 Å². The van der Waals surface area contributed by atoms with Crippen LogP contribution in [0.2, 0.25) is 0 Å². The molecule has 0 aromatic heterocycles. The van der Waals surface area contributed by atoms with Crippen molar-refractivity contribution in [1.29, 1.82) is 0 Å². The Kier molecular flexibility index (Phi) is 2.81. The van der Waals surface area contributed by atoms with Crippen LogP contribution < -0.4 is 5.32 Å². The molecule has 2 atom stereocenters. The van der Waals surface area contributed by atoms with Gasteiger partial charge in [-0.1, -0.05) is 0 Å². The lowest BCUT2D eigenvalue weighted by atomic mass is 10.3. The molecule has 0 aromatic rings. The molecule has 1 unspecified atom stereocenters. The highest BCUT2D eigenvalue weighted by Crippen LogP contribution is 2.41. The van der Waals surface area contributed by atoms with Gasteiger partial charge in [-0.25, -0.2) is 0 Å². The molecule has 0 heterocycles. The Balaban J connectivity index is 2.48. The van der Waals surface area contributed by atoms with Crippen LogP contribution in [0.15, 0.2) is 0 Å². The van der Waals surface area contributed by atoms with Gasteiger partial charge < -0.3 is 10.1 Å². The number of halogens is 1. The van der Waals surface area contributed by atoms with Crippen molar-refractivity contribution in [1.82, 2.24) is 5.32 Å². The first-order valence-corrected chi connectivity index (χ1v) is 4.56. The third-order valence-corrected chi connectivity index (χ3v) is 2.43. The van der Waals surface area contributed by atoms with E-state index in [0.717, 1.165) is 0 Å². The first-order chi connectivity index (χ1) is 6.00.